The van der Waals surface area contributed by atoms with Crippen LogP contribution < -0.4 is 0 Å². The second-order valence-electron chi connectivity index (χ2n) is 5.98. The molecule has 6 heteroatoms. The molecule has 4 nitrogen and oxygen atoms in total. The molecule has 134 valence electrons. The first-order valence-electron chi connectivity index (χ1n) is 8.49. The molecule has 0 amide bonds. The van der Waals surface area contributed by atoms with Crippen LogP contribution in [0.3, 0.4) is 0 Å². The average molecular weight is 430 g/mol. The number of hydrogen-bond donors (Lipinski definition) is 0. The Labute approximate surface area is 166 Å². The van der Waals surface area contributed by atoms with E-state index in [0.717, 1.165) is 39.7 Å². The molecular formula is C20H20BrN3OS. The van der Waals surface area contributed by atoms with Crippen LogP contribution in [0.25, 0.3) is 0 Å². The largest absolute Gasteiger partial charge is 0.302 e. The highest BCUT2D eigenvalue weighted by Crippen LogP contribution is 2.20. The molecule has 0 N–H and O–H groups in total. The first kappa shape index (κ1) is 18.9. The normalized spacial score (nSPS) is 10.8. The van der Waals surface area contributed by atoms with Crippen molar-refractivity contribution < 1.29 is 4.79 Å². The van der Waals surface area contributed by atoms with Crippen molar-refractivity contribution in [2.75, 3.05) is 5.75 Å². The number of nitrogens with zero attached hydrogens (tertiary/aromatic N) is 3. The SMILES string of the molecule is Cc1nnc(SCCCC(=O)c2ccc(Br)cc2)n1Cc1ccccc1. The maximum absolute atomic E-state index is 12.2. The van der Waals surface area contributed by atoms with E-state index >= 15 is 0 Å². The number of carbonyl (C=O) groups is 1. The van der Waals surface area contributed by atoms with Gasteiger partial charge in [0.15, 0.2) is 10.9 Å². The summed E-state index contributed by atoms with van der Waals surface area (Å²) in [4.78, 5) is 12.2. The number of Topliss-reactive ketones (excluding diaryl/α,β-unsaturated/α-hetero) is 1. The van der Waals surface area contributed by atoms with E-state index in [4.69, 9.17) is 0 Å². The molecule has 2 aromatic carbocycles. The van der Waals surface area contributed by atoms with E-state index in [1.807, 2.05) is 49.4 Å². The van der Waals surface area contributed by atoms with Crippen LogP contribution in [0.4, 0.5) is 0 Å². The van der Waals surface area contributed by atoms with Crippen molar-refractivity contribution in [1.82, 2.24) is 14.8 Å². The van der Waals surface area contributed by atoms with Gasteiger partial charge in [0.25, 0.3) is 0 Å². The van der Waals surface area contributed by atoms with Crippen LogP contribution in [-0.4, -0.2) is 26.3 Å². The van der Waals surface area contributed by atoms with E-state index in [1.165, 1.54) is 5.56 Å². The maximum atomic E-state index is 12.2. The van der Waals surface area contributed by atoms with Gasteiger partial charge in [0.05, 0.1) is 6.54 Å². The third-order valence-electron chi connectivity index (χ3n) is 4.03. The predicted molar refractivity (Wildman–Crippen MR) is 109 cm³/mol. The van der Waals surface area contributed by atoms with E-state index in [2.05, 4.69) is 42.8 Å². The third-order valence-corrected chi connectivity index (χ3v) is 5.61. The van der Waals surface area contributed by atoms with Crippen LogP contribution in [0, 0.1) is 6.92 Å². The lowest BCUT2D eigenvalue weighted by atomic mass is 10.1. The molecule has 1 heterocycles. The molecule has 0 saturated carbocycles. The van der Waals surface area contributed by atoms with Gasteiger partial charge in [-0.25, -0.2) is 0 Å². The minimum absolute atomic E-state index is 0.181. The zero-order chi connectivity index (χ0) is 18.4. The summed E-state index contributed by atoms with van der Waals surface area (Å²) in [5, 5.41) is 9.39. The van der Waals surface area contributed by atoms with E-state index in [1.54, 1.807) is 11.8 Å². The lowest BCUT2D eigenvalue weighted by Crippen LogP contribution is -2.04. The number of aryl methyl sites for hydroxylation is 1. The summed E-state index contributed by atoms with van der Waals surface area (Å²) in [6.45, 7) is 2.73. The van der Waals surface area contributed by atoms with Crippen molar-refractivity contribution in [2.24, 2.45) is 0 Å². The number of rotatable bonds is 8. The molecule has 0 aliphatic carbocycles. The van der Waals surface area contributed by atoms with Crippen molar-refractivity contribution in [3.8, 4) is 0 Å². The number of thioether (sulfide) groups is 1. The molecule has 0 unspecified atom stereocenters. The summed E-state index contributed by atoms with van der Waals surface area (Å²) in [6, 6.07) is 17.8. The van der Waals surface area contributed by atoms with Crippen molar-refractivity contribution in [1.29, 1.82) is 0 Å². The fraction of sp³-hybridized carbons (Fsp3) is 0.250. The van der Waals surface area contributed by atoms with Gasteiger partial charge in [-0.15, -0.1) is 10.2 Å². The van der Waals surface area contributed by atoms with Gasteiger partial charge in [-0.1, -0.05) is 70.2 Å². The molecule has 3 rings (SSSR count). The Hall–Kier alpha value is -1.92. The smallest absolute Gasteiger partial charge is 0.191 e. The fourth-order valence-electron chi connectivity index (χ4n) is 2.59. The predicted octanol–water partition coefficient (Wildman–Crippen LogP) is 5.15. The first-order chi connectivity index (χ1) is 12.6. The standard InChI is InChI=1S/C20H20BrN3OS/c1-15-22-23-20(24(15)14-16-6-3-2-4-7-16)26-13-5-8-19(25)17-9-11-18(21)12-10-17/h2-4,6-7,9-12H,5,8,13-14H2,1H3. The molecule has 0 bridgehead atoms. The lowest BCUT2D eigenvalue weighted by molar-refractivity contribution is 0.0982. The summed E-state index contributed by atoms with van der Waals surface area (Å²) in [5.74, 6) is 1.93. The fourth-order valence-corrected chi connectivity index (χ4v) is 3.78. The molecule has 1 aromatic heterocycles. The zero-order valence-corrected chi connectivity index (χ0v) is 17.0. The van der Waals surface area contributed by atoms with Gasteiger partial charge in [-0.2, -0.15) is 0 Å². The molecular weight excluding hydrogens is 410 g/mol. The van der Waals surface area contributed by atoms with Crippen molar-refractivity contribution in [3.05, 3.63) is 76.0 Å². The van der Waals surface area contributed by atoms with Gasteiger partial charge >= 0.3 is 0 Å². The van der Waals surface area contributed by atoms with E-state index in [0.29, 0.717) is 6.42 Å². The number of aromatic nitrogens is 3. The maximum Gasteiger partial charge on any atom is 0.191 e. The number of halogens is 1. The van der Waals surface area contributed by atoms with Crippen LogP contribution in [0.1, 0.15) is 34.6 Å². The van der Waals surface area contributed by atoms with Gasteiger partial charge in [0.2, 0.25) is 0 Å². The highest BCUT2D eigenvalue weighted by molar-refractivity contribution is 9.10. The lowest BCUT2D eigenvalue weighted by Gasteiger charge is -2.08. The Morgan fingerprint density at radius 2 is 1.81 bits per heavy atom. The van der Waals surface area contributed by atoms with Crippen LogP contribution in [0.15, 0.2) is 64.2 Å². The van der Waals surface area contributed by atoms with Crippen LogP contribution in [-0.2, 0) is 6.54 Å². The summed E-state index contributed by atoms with van der Waals surface area (Å²) in [6.07, 6.45) is 1.36. The van der Waals surface area contributed by atoms with Crippen LogP contribution in [0.5, 0.6) is 0 Å². The van der Waals surface area contributed by atoms with E-state index in [-0.39, 0.29) is 5.78 Å². The Kier molecular flexibility index (Phi) is 6.63. The minimum atomic E-state index is 0.181. The quantitative estimate of drug-likeness (QED) is 0.282. The Morgan fingerprint density at radius 1 is 1.08 bits per heavy atom. The summed E-state index contributed by atoms with van der Waals surface area (Å²) in [5.41, 5.74) is 1.99. The van der Waals surface area contributed by atoms with E-state index in [9.17, 15) is 4.79 Å². The van der Waals surface area contributed by atoms with Gasteiger partial charge in [0, 0.05) is 22.2 Å². The summed E-state index contributed by atoms with van der Waals surface area (Å²) in [7, 11) is 0. The Balaban J connectivity index is 1.52. The van der Waals surface area contributed by atoms with Gasteiger partial charge in [0.1, 0.15) is 5.82 Å². The van der Waals surface area contributed by atoms with Crippen LogP contribution in [0.2, 0.25) is 0 Å². The van der Waals surface area contributed by atoms with Crippen molar-refractivity contribution in [2.45, 2.75) is 31.5 Å². The molecule has 0 fully saturated rings. The summed E-state index contributed by atoms with van der Waals surface area (Å²) < 4.78 is 3.11. The highest BCUT2D eigenvalue weighted by Gasteiger charge is 2.11. The third kappa shape index (κ3) is 5.05. The Morgan fingerprint density at radius 3 is 2.54 bits per heavy atom. The monoisotopic (exact) mass is 429 g/mol. The second-order valence-corrected chi connectivity index (χ2v) is 7.96. The number of carbonyl (C=O) groups excluding carboxylic acids is 1. The van der Waals surface area contributed by atoms with Gasteiger partial charge < -0.3 is 4.57 Å². The highest BCUT2D eigenvalue weighted by atomic mass is 79.9. The number of benzene rings is 2. The minimum Gasteiger partial charge on any atom is -0.302 e. The van der Waals surface area contributed by atoms with E-state index < -0.39 is 0 Å². The van der Waals surface area contributed by atoms with Gasteiger partial charge in [-0.05, 0) is 31.0 Å². The van der Waals surface area contributed by atoms with Crippen LogP contribution >= 0.6 is 27.7 Å². The molecule has 0 aliphatic heterocycles. The second kappa shape index (κ2) is 9.14. The summed E-state index contributed by atoms with van der Waals surface area (Å²) >= 11 is 5.04. The molecule has 0 atom stereocenters. The average Bonchev–Trinajstić information content (AvgIpc) is 3.00. The molecule has 0 spiro atoms. The number of ketones is 1. The van der Waals surface area contributed by atoms with Crippen molar-refractivity contribution >= 4 is 33.5 Å². The first-order valence-corrected chi connectivity index (χ1v) is 10.3. The Bertz CT molecular complexity index is 863. The van der Waals surface area contributed by atoms with Crippen molar-refractivity contribution in [3.63, 3.8) is 0 Å². The molecule has 0 aliphatic rings. The molecule has 3 aromatic rings. The zero-order valence-electron chi connectivity index (χ0n) is 14.6. The molecule has 0 saturated heterocycles. The molecule has 26 heavy (non-hydrogen) atoms. The number of hydrogen-bond acceptors (Lipinski definition) is 4. The topological polar surface area (TPSA) is 47.8 Å². The molecule has 0 radical (unpaired) electrons. The van der Waals surface area contributed by atoms with Gasteiger partial charge in [-0.3, -0.25) is 4.79 Å².